The summed E-state index contributed by atoms with van der Waals surface area (Å²) < 4.78 is 11.8. The first-order valence-electron chi connectivity index (χ1n) is 5.91. The lowest BCUT2D eigenvalue weighted by Crippen LogP contribution is -2.33. The average molecular weight is 305 g/mol. The zero-order valence-corrected chi connectivity index (χ0v) is 11.6. The first-order valence-corrected chi connectivity index (χ1v) is 7.19. The van der Waals surface area contributed by atoms with Gasteiger partial charge in [-0.2, -0.15) is 0 Å². The van der Waals surface area contributed by atoms with Gasteiger partial charge in [0.1, 0.15) is 12.3 Å². The van der Waals surface area contributed by atoms with E-state index in [1.165, 1.54) is 10.8 Å². The van der Waals surface area contributed by atoms with Crippen molar-refractivity contribution in [3.8, 4) is 0 Å². The molecule has 0 spiro atoms. The van der Waals surface area contributed by atoms with Crippen LogP contribution < -0.4 is 16.8 Å². The van der Waals surface area contributed by atoms with Crippen molar-refractivity contribution >= 4 is 8.53 Å². The Labute approximate surface area is 114 Å². The summed E-state index contributed by atoms with van der Waals surface area (Å²) in [4.78, 5) is 34.3. The van der Waals surface area contributed by atoms with Crippen LogP contribution in [0.4, 0.5) is 0 Å². The second-order valence-corrected chi connectivity index (χ2v) is 5.29. The summed E-state index contributed by atoms with van der Waals surface area (Å²) in [5, 5.41) is 9.22. The smallest absolute Gasteiger partial charge is 0.330 e. The number of aromatic nitrogens is 2. The number of ether oxygens (including phenoxy) is 1. The summed E-state index contributed by atoms with van der Waals surface area (Å²) in [6.07, 6.45) is -0.403. The quantitative estimate of drug-likeness (QED) is 0.506. The summed E-state index contributed by atoms with van der Waals surface area (Å²) in [5.41, 5.74) is 4.48. The van der Waals surface area contributed by atoms with Crippen LogP contribution >= 0.6 is 8.53 Å². The highest BCUT2D eigenvalue weighted by Crippen LogP contribution is 2.35. The molecule has 0 bridgehead atoms. The molecule has 0 radical (unpaired) electrons. The molecule has 0 amide bonds. The standard InChI is InChI=1S/C10H16N3O6P/c1-5-3-13(10(16)12-9(5)15)8-2-6(19-20(11)17)7(4-14)18-8/h3,6-8,14,17H,2,4,11H2,1H3,(H,12,15,16)/t6-,7+,8+,20?/m0/s1. The molecule has 1 saturated heterocycles. The Kier molecular flexibility index (Phi) is 4.69. The fraction of sp³-hybridized carbons (Fsp3) is 0.600. The largest absolute Gasteiger partial charge is 0.394 e. The number of aliphatic hydroxyl groups is 1. The molecule has 20 heavy (non-hydrogen) atoms. The molecule has 10 heteroatoms. The van der Waals surface area contributed by atoms with Crippen LogP contribution in [0, 0.1) is 6.92 Å². The molecule has 1 unspecified atom stereocenters. The van der Waals surface area contributed by atoms with E-state index in [0.717, 1.165) is 0 Å². The maximum absolute atomic E-state index is 11.8. The molecule has 1 aromatic heterocycles. The molecule has 0 aromatic carbocycles. The van der Waals surface area contributed by atoms with Gasteiger partial charge in [-0.15, -0.1) is 0 Å². The molecule has 0 aliphatic carbocycles. The monoisotopic (exact) mass is 305 g/mol. The Morgan fingerprint density at radius 1 is 1.65 bits per heavy atom. The van der Waals surface area contributed by atoms with Gasteiger partial charge in [0.15, 0.2) is 0 Å². The maximum Gasteiger partial charge on any atom is 0.330 e. The Balaban J connectivity index is 2.25. The number of hydrogen-bond acceptors (Lipinski definition) is 7. The second-order valence-electron chi connectivity index (χ2n) is 4.47. The lowest BCUT2D eigenvalue weighted by Gasteiger charge is -2.16. The Morgan fingerprint density at radius 3 is 2.95 bits per heavy atom. The zero-order valence-electron chi connectivity index (χ0n) is 10.7. The molecule has 2 heterocycles. The lowest BCUT2D eigenvalue weighted by atomic mass is 10.2. The van der Waals surface area contributed by atoms with Gasteiger partial charge in [0.05, 0.1) is 12.7 Å². The Morgan fingerprint density at radius 2 is 2.35 bits per heavy atom. The van der Waals surface area contributed by atoms with E-state index in [9.17, 15) is 14.7 Å². The third-order valence-corrected chi connectivity index (χ3v) is 3.55. The average Bonchev–Trinajstić information content (AvgIpc) is 2.75. The topological polar surface area (TPSA) is 140 Å². The number of aryl methyl sites for hydroxylation is 1. The van der Waals surface area contributed by atoms with Gasteiger partial charge < -0.3 is 19.3 Å². The highest BCUT2D eigenvalue weighted by Gasteiger charge is 2.38. The molecule has 2 rings (SSSR count). The van der Waals surface area contributed by atoms with Crippen LogP contribution in [0.5, 0.6) is 0 Å². The Hall–Kier alpha value is -1.09. The van der Waals surface area contributed by atoms with Crippen molar-refractivity contribution in [2.45, 2.75) is 31.8 Å². The van der Waals surface area contributed by atoms with E-state index in [4.69, 9.17) is 19.7 Å². The van der Waals surface area contributed by atoms with Crippen molar-refractivity contribution < 1.29 is 19.3 Å². The molecule has 1 fully saturated rings. The molecule has 5 N–H and O–H groups in total. The molecule has 1 aromatic rings. The van der Waals surface area contributed by atoms with Gasteiger partial charge in [0.25, 0.3) is 5.56 Å². The van der Waals surface area contributed by atoms with Crippen molar-refractivity contribution in [1.29, 1.82) is 0 Å². The van der Waals surface area contributed by atoms with Crippen molar-refractivity contribution in [3.05, 3.63) is 32.6 Å². The summed E-state index contributed by atoms with van der Waals surface area (Å²) >= 11 is 0. The number of H-pyrrole nitrogens is 1. The summed E-state index contributed by atoms with van der Waals surface area (Å²) in [6.45, 7) is 1.23. The van der Waals surface area contributed by atoms with Crippen molar-refractivity contribution in [2.75, 3.05) is 6.61 Å². The van der Waals surface area contributed by atoms with E-state index in [2.05, 4.69) is 4.98 Å². The number of nitrogens with zero attached hydrogens (tertiary/aromatic N) is 1. The van der Waals surface area contributed by atoms with Crippen LogP contribution in [0.25, 0.3) is 0 Å². The third-order valence-electron chi connectivity index (χ3n) is 3.06. The number of aromatic amines is 1. The van der Waals surface area contributed by atoms with Crippen LogP contribution in [0.2, 0.25) is 0 Å². The van der Waals surface area contributed by atoms with Gasteiger partial charge in [0, 0.05) is 18.2 Å². The molecule has 0 saturated carbocycles. The summed E-state index contributed by atoms with van der Waals surface area (Å²) in [6, 6.07) is 0. The summed E-state index contributed by atoms with van der Waals surface area (Å²) in [7, 11) is -2.09. The van der Waals surface area contributed by atoms with Crippen molar-refractivity contribution in [2.24, 2.45) is 5.50 Å². The predicted molar refractivity (Wildman–Crippen MR) is 69.9 cm³/mol. The highest BCUT2D eigenvalue weighted by atomic mass is 31.2. The molecular formula is C10H16N3O6P. The van der Waals surface area contributed by atoms with Crippen LogP contribution in [-0.4, -0.2) is 38.4 Å². The fourth-order valence-electron chi connectivity index (χ4n) is 2.08. The number of rotatable bonds is 4. The minimum absolute atomic E-state index is 0.229. The molecule has 112 valence electrons. The van der Waals surface area contributed by atoms with E-state index in [-0.39, 0.29) is 13.0 Å². The minimum atomic E-state index is -2.09. The Bertz CT molecular complexity index is 585. The van der Waals surface area contributed by atoms with E-state index >= 15 is 0 Å². The second kappa shape index (κ2) is 6.13. The summed E-state index contributed by atoms with van der Waals surface area (Å²) in [5.74, 6) is 0. The van der Waals surface area contributed by atoms with E-state index in [1.807, 2.05) is 0 Å². The molecule has 4 atom stereocenters. The van der Waals surface area contributed by atoms with Crippen LogP contribution in [0.1, 0.15) is 18.2 Å². The third kappa shape index (κ3) is 3.14. The molecule has 1 aliphatic heterocycles. The van der Waals surface area contributed by atoms with E-state index in [1.54, 1.807) is 6.92 Å². The van der Waals surface area contributed by atoms with E-state index < -0.39 is 38.2 Å². The number of nitrogens with one attached hydrogen (secondary N) is 1. The van der Waals surface area contributed by atoms with Crippen LogP contribution in [0.3, 0.4) is 0 Å². The first-order chi connectivity index (χ1) is 9.42. The molecule has 1 aliphatic rings. The number of nitrogens with two attached hydrogens (primary N) is 1. The minimum Gasteiger partial charge on any atom is -0.394 e. The maximum atomic E-state index is 11.8. The van der Waals surface area contributed by atoms with Gasteiger partial charge in [-0.3, -0.25) is 19.8 Å². The zero-order chi connectivity index (χ0) is 14.9. The van der Waals surface area contributed by atoms with Gasteiger partial charge in [-0.05, 0) is 6.92 Å². The van der Waals surface area contributed by atoms with Crippen LogP contribution in [0.15, 0.2) is 15.8 Å². The van der Waals surface area contributed by atoms with Gasteiger partial charge in [-0.25, -0.2) is 4.79 Å². The molecule has 9 nitrogen and oxygen atoms in total. The SMILES string of the molecule is Cc1cn([C@H]2C[C@H](OP(N)O)[C@@H](CO)O2)c(=O)[nH]c1=O. The lowest BCUT2D eigenvalue weighted by molar-refractivity contribution is -0.0420. The van der Waals surface area contributed by atoms with Crippen molar-refractivity contribution in [3.63, 3.8) is 0 Å². The normalized spacial score (nSPS) is 27.7. The number of aliphatic hydroxyl groups excluding tert-OH is 1. The van der Waals surface area contributed by atoms with Gasteiger partial charge in [0.2, 0.25) is 8.53 Å². The van der Waals surface area contributed by atoms with Gasteiger partial charge >= 0.3 is 5.69 Å². The van der Waals surface area contributed by atoms with Crippen LogP contribution in [-0.2, 0) is 9.26 Å². The van der Waals surface area contributed by atoms with Crippen molar-refractivity contribution in [1.82, 2.24) is 9.55 Å². The molecular weight excluding hydrogens is 289 g/mol. The fourth-order valence-corrected chi connectivity index (χ4v) is 2.58. The van der Waals surface area contributed by atoms with E-state index in [0.29, 0.717) is 5.56 Å². The first kappa shape index (κ1) is 15.3. The highest BCUT2D eigenvalue weighted by molar-refractivity contribution is 7.43. The van der Waals surface area contributed by atoms with Gasteiger partial charge in [-0.1, -0.05) is 0 Å². The number of hydrogen-bond donors (Lipinski definition) is 4. The predicted octanol–water partition coefficient (Wildman–Crippen LogP) is -1.31.